The summed E-state index contributed by atoms with van der Waals surface area (Å²) in [6, 6.07) is 0.564. The highest BCUT2D eigenvalue weighted by atomic mass is 16.3. The second-order valence-electron chi connectivity index (χ2n) is 4.04. The molecule has 0 aromatic rings. The number of aliphatic hydroxyl groups is 1. The van der Waals surface area contributed by atoms with Gasteiger partial charge in [-0.1, -0.05) is 27.2 Å². The van der Waals surface area contributed by atoms with Crippen molar-refractivity contribution in [3.8, 4) is 0 Å². The fourth-order valence-electron chi connectivity index (χ4n) is 1.73. The van der Waals surface area contributed by atoms with Crippen LogP contribution in [-0.4, -0.2) is 23.8 Å². The molecule has 0 amide bonds. The molecule has 0 aromatic heterocycles. The highest BCUT2D eigenvalue weighted by Gasteiger charge is 2.13. The summed E-state index contributed by atoms with van der Waals surface area (Å²) in [5.41, 5.74) is 0. The van der Waals surface area contributed by atoms with Gasteiger partial charge < -0.3 is 10.4 Å². The quantitative estimate of drug-likeness (QED) is 0.640. The maximum Gasteiger partial charge on any atom is 0.0636 e. The smallest absolute Gasteiger partial charge is 0.0636 e. The first-order chi connectivity index (χ1) is 6.11. The van der Waals surface area contributed by atoms with Crippen molar-refractivity contribution in [2.24, 2.45) is 5.92 Å². The van der Waals surface area contributed by atoms with E-state index in [2.05, 4.69) is 26.1 Å². The first-order valence-electron chi connectivity index (χ1n) is 5.53. The van der Waals surface area contributed by atoms with E-state index in [9.17, 15) is 0 Å². The van der Waals surface area contributed by atoms with Crippen LogP contribution in [0, 0.1) is 5.92 Å². The van der Waals surface area contributed by atoms with Gasteiger partial charge in [-0.15, -0.1) is 0 Å². The summed E-state index contributed by atoms with van der Waals surface area (Å²) in [4.78, 5) is 0. The van der Waals surface area contributed by atoms with Gasteiger partial charge in [-0.2, -0.15) is 0 Å². The summed E-state index contributed by atoms with van der Waals surface area (Å²) in [6.45, 7) is 9.24. The number of rotatable bonds is 7. The van der Waals surface area contributed by atoms with Crippen molar-refractivity contribution in [3.05, 3.63) is 0 Å². The molecule has 0 saturated carbocycles. The standard InChI is InChI=1S/C11H25NO/c1-5-7-9(3)11(6-2)12-8-10(4)13/h9-13H,5-8H2,1-4H3. The molecule has 0 fully saturated rings. The van der Waals surface area contributed by atoms with Crippen molar-refractivity contribution in [3.63, 3.8) is 0 Å². The third-order valence-corrected chi connectivity index (χ3v) is 2.55. The van der Waals surface area contributed by atoms with E-state index in [0.29, 0.717) is 18.5 Å². The Bertz CT molecular complexity index is 115. The molecule has 2 N–H and O–H groups in total. The Balaban J connectivity index is 3.73. The average Bonchev–Trinajstić information content (AvgIpc) is 2.05. The summed E-state index contributed by atoms with van der Waals surface area (Å²) in [7, 11) is 0. The van der Waals surface area contributed by atoms with Gasteiger partial charge in [0.05, 0.1) is 6.10 Å². The molecule has 0 heterocycles. The van der Waals surface area contributed by atoms with Crippen molar-refractivity contribution in [2.75, 3.05) is 6.54 Å². The number of aliphatic hydroxyl groups excluding tert-OH is 1. The lowest BCUT2D eigenvalue weighted by molar-refractivity contribution is 0.178. The third-order valence-electron chi connectivity index (χ3n) is 2.55. The summed E-state index contributed by atoms with van der Waals surface area (Å²) in [6.07, 6.45) is 3.43. The maximum absolute atomic E-state index is 9.15. The Labute approximate surface area is 82.7 Å². The molecule has 0 aliphatic carbocycles. The molecule has 0 aromatic carbocycles. The van der Waals surface area contributed by atoms with Crippen molar-refractivity contribution in [1.29, 1.82) is 0 Å². The molecule has 0 rings (SSSR count). The van der Waals surface area contributed by atoms with E-state index in [0.717, 1.165) is 6.42 Å². The summed E-state index contributed by atoms with van der Waals surface area (Å²) in [5, 5.41) is 12.5. The average molecular weight is 187 g/mol. The zero-order valence-corrected chi connectivity index (χ0v) is 9.51. The van der Waals surface area contributed by atoms with E-state index in [-0.39, 0.29) is 6.10 Å². The minimum absolute atomic E-state index is 0.233. The van der Waals surface area contributed by atoms with Crippen LogP contribution in [-0.2, 0) is 0 Å². The molecule has 2 heteroatoms. The molecule has 0 saturated heterocycles. The Kier molecular flexibility index (Phi) is 7.29. The first kappa shape index (κ1) is 12.9. The largest absolute Gasteiger partial charge is 0.392 e. The molecule has 0 radical (unpaired) electrons. The summed E-state index contributed by atoms with van der Waals surface area (Å²) < 4.78 is 0. The highest BCUT2D eigenvalue weighted by Crippen LogP contribution is 2.13. The lowest BCUT2D eigenvalue weighted by Crippen LogP contribution is -2.38. The molecule has 0 aliphatic heterocycles. The molecule has 0 bridgehead atoms. The monoisotopic (exact) mass is 187 g/mol. The Hall–Kier alpha value is -0.0800. The minimum atomic E-state index is -0.233. The van der Waals surface area contributed by atoms with Crippen LogP contribution in [0.2, 0.25) is 0 Å². The van der Waals surface area contributed by atoms with E-state index in [1.165, 1.54) is 12.8 Å². The van der Waals surface area contributed by atoms with Gasteiger partial charge in [0.25, 0.3) is 0 Å². The summed E-state index contributed by atoms with van der Waals surface area (Å²) >= 11 is 0. The van der Waals surface area contributed by atoms with Crippen molar-refractivity contribution < 1.29 is 5.11 Å². The second kappa shape index (κ2) is 7.34. The maximum atomic E-state index is 9.15. The predicted molar refractivity (Wildman–Crippen MR) is 57.8 cm³/mol. The van der Waals surface area contributed by atoms with Crippen molar-refractivity contribution in [1.82, 2.24) is 5.32 Å². The van der Waals surface area contributed by atoms with Gasteiger partial charge in [0.1, 0.15) is 0 Å². The Morgan fingerprint density at radius 2 is 1.85 bits per heavy atom. The van der Waals surface area contributed by atoms with Gasteiger partial charge in [0.2, 0.25) is 0 Å². The van der Waals surface area contributed by atoms with Gasteiger partial charge in [0, 0.05) is 12.6 Å². The third kappa shape index (κ3) is 6.05. The van der Waals surface area contributed by atoms with Crippen LogP contribution in [0.15, 0.2) is 0 Å². The Morgan fingerprint density at radius 3 is 2.23 bits per heavy atom. The molecular weight excluding hydrogens is 162 g/mol. The van der Waals surface area contributed by atoms with Crippen LogP contribution in [0.5, 0.6) is 0 Å². The molecular formula is C11H25NO. The molecule has 0 spiro atoms. The lowest BCUT2D eigenvalue weighted by atomic mass is 9.95. The van der Waals surface area contributed by atoms with E-state index < -0.39 is 0 Å². The topological polar surface area (TPSA) is 32.3 Å². The molecule has 3 atom stereocenters. The Morgan fingerprint density at radius 1 is 1.23 bits per heavy atom. The molecule has 3 unspecified atom stereocenters. The highest BCUT2D eigenvalue weighted by molar-refractivity contribution is 4.72. The number of hydrogen-bond donors (Lipinski definition) is 2. The van der Waals surface area contributed by atoms with Crippen LogP contribution in [0.25, 0.3) is 0 Å². The van der Waals surface area contributed by atoms with Gasteiger partial charge in [0.15, 0.2) is 0 Å². The van der Waals surface area contributed by atoms with Crippen LogP contribution >= 0.6 is 0 Å². The van der Waals surface area contributed by atoms with Crippen LogP contribution in [0.4, 0.5) is 0 Å². The van der Waals surface area contributed by atoms with Crippen LogP contribution in [0.3, 0.4) is 0 Å². The summed E-state index contributed by atoms with van der Waals surface area (Å²) in [5.74, 6) is 0.716. The van der Waals surface area contributed by atoms with E-state index in [1.54, 1.807) is 0 Å². The van der Waals surface area contributed by atoms with Gasteiger partial charge in [-0.05, 0) is 25.7 Å². The lowest BCUT2D eigenvalue weighted by Gasteiger charge is -2.24. The molecule has 2 nitrogen and oxygen atoms in total. The fraction of sp³-hybridized carbons (Fsp3) is 1.00. The normalized spacial score (nSPS) is 18.2. The van der Waals surface area contributed by atoms with Gasteiger partial charge in [-0.25, -0.2) is 0 Å². The minimum Gasteiger partial charge on any atom is -0.392 e. The second-order valence-corrected chi connectivity index (χ2v) is 4.04. The van der Waals surface area contributed by atoms with E-state index in [1.807, 2.05) is 6.92 Å². The van der Waals surface area contributed by atoms with Gasteiger partial charge >= 0.3 is 0 Å². The predicted octanol–water partition coefficient (Wildman–Crippen LogP) is 2.17. The zero-order chi connectivity index (χ0) is 10.3. The number of nitrogens with one attached hydrogen (secondary N) is 1. The first-order valence-corrected chi connectivity index (χ1v) is 5.53. The van der Waals surface area contributed by atoms with Crippen molar-refractivity contribution in [2.45, 2.75) is 59.1 Å². The van der Waals surface area contributed by atoms with Crippen LogP contribution < -0.4 is 5.32 Å². The van der Waals surface area contributed by atoms with Crippen LogP contribution in [0.1, 0.15) is 47.0 Å². The van der Waals surface area contributed by atoms with E-state index in [4.69, 9.17) is 5.11 Å². The number of hydrogen-bond acceptors (Lipinski definition) is 2. The zero-order valence-electron chi connectivity index (χ0n) is 9.51. The van der Waals surface area contributed by atoms with Gasteiger partial charge in [-0.3, -0.25) is 0 Å². The molecule has 13 heavy (non-hydrogen) atoms. The molecule has 0 aliphatic rings. The SMILES string of the molecule is CCCC(C)C(CC)NCC(C)O. The van der Waals surface area contributed by atoms with E-state index >= 15 is 0 Å². The fourth-order valence-corrected chi connectivity index (χ4v) is 1.73. The van der Waals surface area contributed by atoms with Crippen molar-refractivity contribution >= 4 is 0 Å². The molecule has 80 valence electrons.